The Bertz CT molecular complexity index is 881. The summed E-state index contributed by atoms with van der Waals surface area (Å²) in [5.74, 6) is 0. The lowest BCUT2D eigenvalue weighted by atomic mass is 9.98. The maximum absolute atomic E-state index is 10.9. The Hall–Kier alpha value is -2.10. The molecule has 0 saturated carbocycles. The van der Waals surface area contributed by atoms with E-state index in [9.17, 15) is 5.11 Å². The Balaban J connectivity index is 1.58. The summed E-state index contributed by atoms with van der Waals surface area (Å²) in [6.07, 6.45) is 0.598. The Morgan fingerprint density at radius 3 is 2.75 bits per heavy atom. The van der Waals surface area contributed by atoms with E-state index in [-0.39, 0.29) is 0 Å². The SMILES string of the molecule is Cc1ccc2[nH]c(C)c([C@H](O)CN3CCc4ccccc4C3)c2c1. The second kappa shape index (κ2) is 6.08. The van der Waals surface area contributed by atoms with Gasteiger partial charge >= 0.3 is 0 Å². The number of β-amino-alcohol motifs (C(OH)–C–C–N with tert-alkyl or cyclic N) is 1. The molecule has 124 valence electrons. The minimum absolute atomic E-state index is 0.467. The van der Waals surface area contributed by atoms with Gasteiger partial charge in [0.15, 0.2) is 0 Å². The molecule has 0 saturated heterocycles. The fraction of sp³-hybridized carbons (Fsp3) is 0.333. The van der Waals surface area contributed by atoms with Gasteiger partial charge in [-0.3, -0.25) is 4.90 Å². The maximum Gasteiger partial charge on any atom is 0.0940 e. The molecule has 3 nitrogen and oxygen atoms in total. The van der Waals surface area contributed by atoms with Gasteiger partial charge in [-0.25, -0.2) is 0 Å². The van der Waals surface area contributed by atoms with Crippen LogP contribution in [-0.4, -0.2) is 28.1 Å². The Kier molecular flexibility index (Phi) is 3.91. The molecule has 1 aliphatic heterocycles. The number of aliphatic hydroxyl groups is 1. The van der Waals surface area contributed by atoms with Crippen LogP contribution in [0, 0.1) is 13.8 Å². The van der Waals surface area contributed by atoms with Crippen LogP contribution in [-0.2, 0) is 13.0 Å². The molecule has 0 spiro atoms. The molecule has 2 aromatic carbocycles. The van der Waals surface area contributed by atoms with Crippen molar-refractivity contribution in [1.29, 1.82) is 0 Å². The van der Waals surface area contributed by atoms with Crippen molar-refractivity contribution in [3.05, 3.63) is 70.4 Å². The van der Waals surface area contributed by atoms with E-state index in [1.54, 1.807) is 0 Å². The quantitative estimate of drug-likeness (QED) is 0.769. The lowest BCUT2D eigenvalue weighted by Gasteiger charge is -2.30. The highest BCUT2D eigenvalue weighted by Gasteiger charge is 2.22. The monoisotopic (exact) mass is 320 g/mol. The van der Waals surface area contributed by atoms with Crippen LogP contribution in [0.3, 0.4) is 0 Å². The van der Waals surface area contributed by atoms with Crippen molar-refractivity contribution >= 4 is 10.9 Å². The van der Waals surface area contributed by atoms with Gasteiger partial charge in [-0.1, -0.05) is 35.9 Å². The first-order chi connectivity index (χ1) is 11.6. The number of nitrogens with zero attached hydrogens (tertiary/aromatic N) is 1. The minimum Gasteiger partial charge on any atom is -0.387 e. The van der Waals surface area contributed by atoms with Crippen LogP contribution >= 0.6 is 0 Å². The van der Waals surface area contributed by atoms with E-state index in [2.05, 4.69) is 66.2 Å². The lowest BCUT2D eigenvalue weighted by Crippen LogP contribution is -2.34. The van der Waals surface area contributed by atoms with Crippen molar-refractivity contribution in [2.45, 2.75) is 32.9 Å². The van der Waals surface area contributed by atoms with Crippen LogP contribution in [0.4, 0.5) is 0 Å². The molecule has 24 heavy (non-hydrogen) atoms. The molecule has 4 rings (SSSR count). The molecular formula is C21H24N2O. The highest BCUT2D eigenvalue weighted by molar-refractivity contribution is 5.85. The average Bonchev–Trinajstić information content (AvgIpc) is 2.90. The molecule has 0 aliphatic carbocycles. The van der Waals surface area contributed by atoms with Gasteiger partial charge in [0.2, 0.25) is 0 Å². The molecule has 3 heteroatoms. The molecule has 3 aromatic rings. The number of aromatic nitrogens is 1. The summed E-state index contributed by atoms with van der Waals surface area (Å²) in [5, 5.41) is 12.1. The number of aliphatic hydroxyl groups excluding tert-OH is 1. The third-order valence-corrected chi connectivity index (χ3v) is 5.17. The number of benzene rings is 2. The van der Waals surface area contributed by atoms with Gasteiger partial charge in [0.1, 0.15) is 0 Å². The Morgan fingerprint density at radius 2 is 1.92 bits per heavy atom. The number of hydrogen-bond acceptors (Lipinski definition) is 2. The molecule has 0 amide bonds. The van der Waals surface area contributed by atoms with E-state index in [1.807, 2.05) is 0 Å². The zero-order valence-electron chi connectivity index (χ0n) is 14.3. The van der Waals surface area contributed by atoms with Crippen molar-refractivity contribution in [2.24, 2.45) is 0 Å². The summed E-state index contributed by atoms with van der Waals surface area (Å²) in [5.41, 5.74) is 7.29. The van der Waals surface area contributed by atoms with Crippen LogP contribution in [0.1, 0.15) is 34.1 Å². The molecule has 1 atom stereocenters. The summed E-state index contributed by atoms with van der Waals surface area (Å²) in [6.45, 7) is 6.76. The molecule has 1 aliphatic rings. The number of H-pyrrole nitrogens is 1. The predicted octanol–water partition coefficient (Wildman–Crippen LogP) is 3.88. The van der Waals surface area contributed by atoms with Crippen LogP contribution < -0.4 is 0 Å². The van der Waals surface area contributed by atoms with E-state index >= 15 is 0 Å². The second-order valence-electron chi connectivity index (χ2n) is 6.98. The van der Waals surface area contributed by atoms with Crippen molar-refractivity contribution in [3.8, 4) is 0 Å². The smallest absolute Gasteiger partial charge is 0.0940 e. The summed E-state index contributed by atoms with van der Waals surface area (Å²) in [7, 11) is 0. The van der Waals surface area contributed by atoms with Gasteiger partial charge in [-0.05, 0) is 43.5 Å². The van der Waals surface area contributed by atoms with Gasteiger partial charge in [-0.15, -0.1) is 0 Å². The highest BCUT2D eigenvalue weighted by atomic mass is 16.3. The number of fused-ring (bicyclic) bond motifs is 2. The fourth-order valence-electron chi connectivity index (χ4n) is 3.94. The van der Waals surface area contributed by atoms with Crippen LogP contribution in [0.5, 0.6) is 0 Å². The third kappa shape index (κ3) is 2.74. The first-order valence-corrected chi connectivity index (χ1v) is 8.68. The molecule has 0 radical (unpaired) electrons. The zero-order valence-corrected chi connectivity index (χ0v) is 14.3. The van der Waals surface area contributed by atoms with Crippen molar-refractivity contribution < 1.29 is 5.11 Å². The van der Waals surface area contributed by atoms with Gasteiger partial charge in [0.05, 0.1) is 6.10 Å². The third-order valence-electron chi connectivity index (χ3n) is 5.17. The van der Waals surface area contributed by atoms with E-state index < -0.39 is 6.10 Å². The standard InChI is InChI=1S/C21H24N2O/c1-14-7-8-19-18(11-14)21(15(2)22-19)20(24)13-23-10-9-16-5-3-4-6-17(16)12-23/h3-8,11,20,22,24H,9-10,12-13H2,1-2H3/t20-/m1/s1. The van der Waals surface area contributed by atoms with Crippen LogP contribution in [0.25, 0.3) is 10.9 Å². The second-order valence-corrected chi connectivity index (χ2v) is 6.98. The Morgan fingerprint density at radius 1 is 1.12 bits per heavy atom. The number of rotatable bonds is 3. The minimum atomic E-state index is -0.467. The highest BCUT2D eigenvalue weighted by Crippen LogP contribution is 2.30. The Labute approximate surface area is 142 Å². The average molecular weight is 320 g/mol. The van der Waals surface area contributed by atoms with Crippen molar-refractivity contribution in [2.75, 3.05) is 13.1 Å². The number of nitrogens with one attached hydrogen (secondary N) is 1. The van der Waals surface area contributed by atoms with Gasteiger partial charge < -0.3 is 10.1 Å². The number of aromatic amines is 1. The van der Waals surface area contributed by atoms with Crippen molar-refractivity contribution in [1.82, 2.24) is 9.88 Å². The molecule has 0 bridgehead atoms. The topological polar surface area (TPSA) is 39.3 Å². The maximum atomic E-state index is 10.9. The molecule has 0 unspecified atom stereocenters. The molecular weight excluding hydrogens is 296 g/mol. The fourth-order valence-corrected chi connectivity index (χ4v) is 3.94. The zero-order chi connectivity index (χ0) is 16.7. The van der Waals surface area contributed by atoms with E-state index in [4.69, 9.17) is 0 Å². The number of hydrogen-bond donors (Lipinski definition) is 2. The summed E-state index contributed by atoms with van der Waals surface area (Å²) >= 11 is 0. The predicted molar refractivity (Wildman–Crippen MR) is 98.2 cm³/mol. The van der Waals surface area contributed by atoms with Gasteiger partial charge in [-0.2, -0.15) is 0 Å². The summed E-state index contributed by atoms with van der Waals surface area (Å²) < 4.78 is 0. The first kappa shape index (κ1) is 15.4. The molecule has 2 N–H and O–H groups in total. The molecule has 1 aromatic heterocycles. The van der Waals surface area contributed by atoms with Gasteiger partial charge in [0.25, 0.3) is 0 Å². The van der Waals surface area contributed by atoms with E-state index in [0.29, 0.717) is 6.54 Å². The number of aryl methyl sites for hydroxylation is 2. The summed E-state index contributed by atoms with van der Waals surface area (Å²) in [6, 6.07) is 15.0. The molecule has 2 heterocycles. The molecule has 0 fully saturated rings. The summed E-state index contributed by atoms with van der Waals surface area (Å²) in [4.78, 5) is 5.77. The normalized spacial score (nSPS) is 16.3. The largest absolute Gasteiger partial charge is 0.387 e. The van der Waals surface area contributed by atoms with Gasteiger partial charge in [0, 0.05) is 41.8 Å². The van der Waals surface area contributed by atoms with E-state index in [1.165, 1.54) is 16.7 Å². The van der Waals surface area contributed by atoms with Crippen molar-refractivity contribution in [3.63, 3.8) is 0 Å². The van der Waals surface area contributed by atoms with E-state index in [0.717, 1.165) is 41.7 Å². The van der Waals surface area contributed by atoms with Crippen LogP contribution in [0.15, 0.2) is 42.5 Å². The van der Waals surface area contributed by atoms with Crippen LogP contribution in [0.2, 0.25) is 0 Å². The lowest BCUT2D eigenvalue weighted by molar-refractivity contribution is 0.106. The first-order valence-electron chi connectivity index (χ1n) is 8.68.